The van der Waals surface area contributed by atoms with Gasteiger partial charge in [0.1, 0.15) is 6.61 Å². The first-order valence-corrected chi connectivity index (χ1v) is 8.83. The molecule has 0 amide bonds. The van der Waals surface area contributed by atoms with Crippen molar-refractivity contribution in [2.75, 3.05) is 0 Å². The minimum Gasteiger partial charge on any atom is -0.461 e. The first kappa shape index (κ1) is 18.2. The average Bonchev–Trinajstić information content (AvgIpc) is 2.81. The van der Waals surface area contributed by atoms with E-state index < -0.39 is 0 Å². The van der Waals surface area contributed by atoms with E-state index in [2.05, 4.69) is 17.1 Å². The molecule has 1 aliphatic heterocycles. The van der Waals surface area contributed by atoms with Crippen molar-refractivity contribution >= 4 is 11.8 Å². The Kier molecular flexibility index (Phi) is 7.53. The molecule has 0 aromatic heterocycles. The molecule has 2 rings (SSSR count). The van der Waals surface area contributed by atoms with Gasteiger partial charge in [-0.3, -0.25) is 9.79 Å². The van der Waals surface area contributed by atoms with E-state index in [1.54, 1.807) is 0 Å². The van der Waals surface area contributed by atoms with Gasteiger partial charge in [0.15, 0.2) is 0 Å². The third-order valence-corrected chi connectivity index (χ3v) is 4.26. The number of hydrogen-bond acceptors (Lipinski definition) is 4. The molecule has 1 aromatic carbocycles. The second-order valence-corrected chi connectivity index (χ2v) is 6.46. The molecule has 0 unspecified atom stereocenters. The molecule has 4 heteroatoms. The summed E-state index contributed by atoms with van der Waals surface area (Å²) in [5.74, 6) is 0.497. The number of nitrogens with zero attached hydrogens (tertiary/aromatic N) is 1. The van der Waals surface area contributed by atoms with Gasteiger partial charge in [0.25, 0.3) is 0 Å². The number of hydrogen-bond donors (Lipinski definition) is 1. The Labute approximate surface area is 144 Å². The Morgan fingerprint density at radius 1 is 1.33 bits per heavy atom. The predicted octanol–water partition coefficient (Wildman–Crippen LogP) is 4.00. The molecule has 4 nitrogen and oxygen atoms in total. The third-order valence-electron chi connectivity index (χ3n) is 4.26. The van der Waals surface area contributed by atoms with Gasteiger partial charge in [-0.25, -0.2) is 0 Å². The van der Waals surface area contributed by atoms with Crippen LogP contribution in [0.5, 0.6) is 0 Å². The Morgan fingerprint density at radius 3 is 2.92 bits per heavy atom. The molecule has 0 bridgehead atoms. The topological polar surface area (TPSA) is 64.7 Å². The normalized spacial score (nSPS) is 19.5. The van der Waals surface area contributed by atoms with E-state index in [0.717, 1.165) is 37.1 Å². The van der Waals surface area contributed by atoms with Crippen molar-refractivity contribution in [3.05, 3.63) is 48.0 Å². The number of amidine groups is 1. The van der Waals surface area contributed by atoms with Crippen LogP contribution in [0.15, 0.2) is 47.5 Å². The monoisotopic (exact) mass is 328 g/mol. The summed E-state index contributed by atoms with van der Waals surface area (Å²) < 4.78 is 5.36. The fourth-order valence-electron chi connectivity index (χ4n) is 2.74. The molecule has 24 heavy (non-hydrogen) atoms. The van der Waals surface area contributed by atoms with Gasteiger partial charge in [0.2, 0.25) is 0 Å². The Balaban J connectivity index is 1.68. The maximum atomic E-state index is 12.0. The molecule has 0 spiro atoms. The van der Waals surface area contributed by atoms with E-state index >= 15 is 0 Å². The number of benzene rings is 1. The quantitative estimate of drug-likeness (QED) is 0.608. The van der Waals surface area contributed by atoms with Gasteiger partial charge in [-0.05, 0) is 31.2 Å². The first-order chi connectivity index (χ1) is 11.6. The van der Waals surface area contributed by atoms with E-state index in [1.165, 1.54) is 6.42 Å². The van der Waals surface area contributed by atoms with Crippen LogP contribution < -0.4 is 5.73 Å². The highest BCUT2D eigenvalue weighted by molar-refractivity contribution is 5.80. The van der Waals surface area contributed by atoms with Crippen molar-refractivity contribution in [2.45, 2.75) is 58.1 Å². The van der Waals surface area contributed by atoms with Gasteiger partial charge in [0.05, 0.1) is 17.8 Å². The Hall–Kier alpha value is -2.10. The minimum absolute atomic E-state index is 0.132. The van der Waals surface area contributed by atoms with Crippen molar-refractivity contribution in [3.8, 4) is 0 Å². The summed E-state index contributed by atoms with van der Waals surface area (Å²) in [6.07, 6.45) is 10.1. The number of aliphatic imine (C=N–C) groups is 1. The number of rotatable bonds is 7. The zero-order valence-electron chi connectivity index (χ0n) is 14.5. The molecule has 0 saturated carbocycles. The lowest BCUT2D eigenvalue weighted by Crippen LogP contribution is -2.14. The molecule has 1 heterocycles. The van der Waals surface area contributed by atoms with Crippen LogP contribution in [0, 0.1) is 5.92 Å². The van der Waals surface area contributed by atoms with Crippen LogP contribution in [0.25, 0.3) is 0 Å². The maximum absolute atomic E-state index is 12.0. The van der Waals surface area contributed by atoms with Gasteiger partial charge in [-0.15, -0.1) is 0 Å². The van der Waals surface area contributed by atoms with E-state index in [0.29, 0.717) is 19.1 Å². The van der Waals surface area contributed by atoms with Crippen LogP contribution in [0.1, 0.15) is 51.0 Å². The van der Waals surface area contributed by atoms with Crippen LogP contribution in [0.3, 0.4) is 0 Å². The van der Waals surface area contributed by atoms with Gasteiger partial charge < -0.3 is 10.5 Å². The molecule has 1 aromatic rings. The molecule has 2 atom stereocenters. The lowest BCUT2D eigenvalue weighted by Gasteiger charge is -2.10. The summed E-state index contributed by atoms with van der Waals surface area (Å²) in [6, 6.07) is 10.0. The molecule has 130 valence electrons. The van der Waals surface area contributed by atoms with Crippen LogP contribution in [-0.2, 0) is 16.1 Å². The van der Waals surface area contributed by atoms with E-state index in [-0.39, 0.29) is 11.9 Å². The lowest BCUT2D eigenvalue weighted by atomic mass is 10.0. The van der Waals surface area contributed by atoms with Crippen molar-refractivity contribution in [1.82, 2.24) is 0 Å². The summed E-state index contributed by atoms with van der Waals surface area (Å²) in [5.41, 5.74) is 6.87. The van der Waals surface area contributed by atoms with Gasteiger partial charge in [-0.1, -0.05) is 55.8 Å². The van der Waals surface area contributed by atoms with Crippen molar-refractivity contribution < 1.29 is 9.53 Å². The number of ether oxygens (including phenoxy) is 1. The number of carbonyl (C=O) groups is 1. The zero-order chi connectivity index (χ0) is 17.2. The number of allylic oxidation sites excluding steroid dienone is 1. The Morgan fingerprint density at radius 2 is 2.12 bits per heavy atom. The number of nitrogens with two attached hydrogens (primary N) is 1. The summed E-state index contributed by atoms with van der Waals surface area (Å²) in [5, 5.41) is 0. The van der Waals surface area contributed by atoms with Crippen LogP contribution >= 0.6 is 0 Å². The van der Waals surface area contributed by atoms with E-state index in [1.807, 2.05) is 37.3 Å². The molecule has 1 aliphatic rings. The van der Waals surface area contributed by atoms with Crippen LogP contribution in [-0.4, -0.2) is 17.8 Å². The molecular weight excluding hydrogens is 300 g/mol. The van der Waals surface area contributed by atoms with Crippen molar-refractivity contribution in [1.29, 1.82) is 0 Å². The molecule has 0 saturated heterocycles. The SMILES string of the molecule is C[C@@H](C/C=C/C[C@H]1CCCCC(N)=N1)C(=O)OCc1ccccc1. The predicted molar refractivity (Wildman–Crippen MR) is 97.7 cm³/mol. The van der Waals surface area contributed by atoms with E-state index in [4.69, 9.17) is 10.5 Å². The lowest BCUT2D eigenvalue weighted by molar-refractivity contribution is -0.149. The van der Waals surface area contributed by atoms with Crippen LogP contribution in [0.4, 0.5) is 0 Å². The number of carbonyl (C=O) groups excluding carboxylic acids is 1. The van der Waals surface area contributed by atoms with Crippen molar-refractivity contribution in [2.24, 2.45) is 16.6 Å². The number of esters is 1. The molecular formula is C20H28N2O2. The smallest absolute Gasteiger partial charge is 0.309 e. The largest absolute Gasteiger partial charge is 0.461 e. The highest BCUT2D eigenvalue weighted by atomic mass is 16.5. The highest BCUT2D eigenvalue weighted by Crippen LogP contribution is 2.16. The first-order valence-electron chi connectivity index (χ1n) is 8.83. The second kappa shape index (κ2) is 9.91. The van der Waals surface area contributed by atoms with Gasteiger partial charge in [0, 0.05) is 6.42 Å². The molecule has 2 N–H and O–H groups in total. The molecule has 0 fully saturated rings. The van der Waals surface area contributed by atoms with Crippen LogP contribution in [0.2, 0.25) is 0 Å². The fourth-order valence-corrected chi connectivity index (χ4v) is 2.74. The average molecular weight is 328 g/mol. The maximum Gasteiger partial charge on any atom is 0.309 e. The summed E-state index contributed by atoms with van der Waals surface area (Å²) in [4.78, 5) is 16.5. The fraction of sp³-hybridized carbons (Fsp3) is 0.500. The molecule has 0 aliphatic carbocycles. The van der Waals surface area contributed by atoms with E-state index in [9.17, 15) is 4.79 Å². The van der Waals surface area contributed by atoms with Gasteiger partial charge >= 0.3 is 5.97 Å². The second-order valence-electron chi connectivity index (χ2n) is 6.46. The van der Waals surface area contributed by atoms with Gasteiger partial charge in [-0.2, -0.15) is 0 Å². The summed E-state index contributed by atoms with van der Waals surface area (Å²) in [6.45, 7) is 2.24. The highest BCUT2D eigenvalue weighted by Gasteiger charge is 2.13. The summed E-state index contributed by atoms with van der Waals surface area (Å²) in [7, 11) is 0. The summed E-state index contributed by atoms with van der Waals surface area (Å²) >= 11 is 0. The third kappa shape index (κ3) is 6.57. The minimum atomic E-state index is -0.153. The van der Waals surface area contributed by atoms with Crippen molar-refractivity contribution in [3.63, 3.8) is 0 Å². The standard InChI is InChI=1S/C20H28N2O2/c1-16(20(23)24-15-17-10-3-2-4-11-17)9-5-6-12-18-13-7-8-14-19(21)22-18/h2-6,10-11,16,18H,7-9,12-15H2,1H3,(H2,21,22)/b6-5+/t16-,18-/m0/s1. The Bertz CT molecular complexity index is 566. The molecule has 0 radical (unpaired) electrons. The zero-order valence-corrected chi connectivity index (χ0v) is 14.5.